The maximum Gasteiger partial charge on any atom is 0.224 e. The molecule has 27 heavy (non-hydrogen) atoms. The molecule has 2 heterocycles. The number of amides is 1. The Morgan fingerprint density at radius 2 is 1.89 bits per heavy atom. The molecule has 1 aromatic carbocycles. The largest absolute Gasteiger partial charge is 0.354 e. The second kappa shape index (κ2) is 8.95. The fourth-order valence-corrected chi connectivity index (χ4v) is 3.23. The van der Waals surface area contributed by atoms with Crippen LogP contribution < -0.4 is 10.2 Å². The van der Waals surface area contributed by atoms with Gasteiger partial charge in [-0.25, -0.2) is 9.37 Å². The Morgan fingerprint density at radius 3 is 2.52 bits per heavy atom. The van der Waals surface area contributed by atoms with E-state index in [9.17, 15) is 9.18 Å². The monoisotopic (exact) mass is 370 g/mol. The van der Waals surface area contributed by atoms with Crippen LogP contribution in [0.25, 0.3) is 0 Å². The normalized spacial score (nSPS) is 15.2. The summed E-state index contributed by atoms with van der Waals surface area (Å²) in [6.45, 7) is 8.10. The highest BCUT2D eigenvalue weighted by Crippen LogP contribution is 2.18. The molecule has 3 rings (SSSR count). The number of hydrogen-bond acceptors (Lipinski definition) is 4. The average molecular weight is 370 g/mol. The predicted molar refractivity (Wildman–Crippen MR) is 106 cm³/mol. The van der Waals surface area contributed by atoms with Gasteiger partial charge in [-0.05, 0) is 24.1 Å². The highest BCUT2D eigenvalue weighted by Gasteiger charge is 2.19. The molecule has 1 aliphatic rings. The lowest BCUT2D eigenvalue weighted by Gasteiger charge is -2.35. The predicted octanol–water partition coefficient (Wildman–Crippen LogP) is 3.53. The quantitative estimate of drug-likeness (QED) is 0.845. The van der Waals surface area contributed by atoms with Gasteiger partial charge in [0.1, 0.15) is 11.6 Å². The molecule has 1 amide bonds. The molecule has 0 aliphatic carbocycles. The van der Waals surface area contributed by atoms with Crippen molar-refractivity contribution in [2.75, 3.05) is 36.4 Å². The zero-order valence-electron chi connectivity index (χ0n) is 16.0. The van der Waals surface area contributed by atoms with Gasteiger partial charge in [-0.3, -0.25) is 9.69 Å². The molecule has 2 aromatic rings. The van der Waals surface area contributed by atoms with Crippen molar-refractivity contribution in [3.63, 3.8) is 0 Å². The van der Waals surface area contributed by atoms with Crippen molar-refractivity contribution < 1.29 is 9.18 Å². The number of carbonyl (C=O) groups is 1. The lowest BCUT2D eigenvalue weighted by Crippen LogP contribution is -2.46. The van der Waals surface area contributed by atoms with Gasteiger partial charge in [-0.15, -0.1) is 0 Å². The Bertz CT molecular complexity index is 755. The molecular weight excluding hydrogens is 343 g/mol. The number of benzene rings is 1. The molecule has 1 saturated heterocycles. The molecule has 1 aliphatic heterocycles. The third kappa shape index (κ3) is 5.50. The van der Waals surface area contributed by atoms with Gasteiger partial charge >= 0.3 is 0 Å². The van der Waals surface area contributed by atoms with E-state index in [0.29, 0.717) is 18.9 Å². The molecule has 0 saturated carbocycles. The van der Waals surface area contributed by atoms with E-state index in [1.165, 1.54) is 6.07 Å². The first-order valence-electron chi connectivity index (χ1n) is 9.48. The maximum absolute atomic E-state index is 13.8. The van der Waals surface area contributed by atoms with Crippen LogP contribution in [0, 0.1) is 11.7 Å². The first-order chi connectivity index (χ1) is 13.0. The maximum atomic E-state index is 13.8. The number of anilines is 2. The first kappa shape index (κ1) is 19.3. The summed E-state index contributed by atoms with van der Waals surface area (Å²) in [5, 5.41) is 2.88. The SMILES string of the molecule is CC(C)CC(=O)Nc1ccc(N2CCN(Cc3ccccc3F)CC2)nc1. The minimum atomic E-state index is -0.142. The van der Waals surface area contributed by atoms with Gasteiger partial charge in [0, 0.05) is 44.7 Å². The van der Waals surface area contributed by atoms with E-state index in [0.717, 1.165) is 43.2 Å². The van der Waals surface area contributed by atoms with Crippen molar-refractivity contribution in [2.24, 2.45) is 5.92 Å². The van der Waals surface area contributed by atoms with E-state index in [1.54, 1.807) is 12.3 Å². The van der Waals surface area contributed by atoms with Crippen molar-refractivity contribution in [3.8, 4) is 0 Å². The molecule has 5 nitrogen and oxygen atoms in total. The minimum Gasteiger partial charge on any atom is -0.354 e. The van der Waals surface area contributed by atoms with Crippen LogP contribution in [0.4, 0.5) is 15.9 Å². The zero-order valence-corrected chi connectivity index (χ0v) is 16.0. The number of rotatable bonds is 6. The highest BCUT2D eigenvalue weighted by atomic mass is 19.1. The Morgan fingerprint density at radius 1 is 1.15 bits per heavy atom. The van der Waals surface area contributed by atoms with E-state index in [-0.39, 0.29) is 11.7 Å². The van der Waals surface area contributed by atoms with Crippen LogP contribution in [-0.2, 0) is 11.3 Å². The Kier molecular flexibility index (Phi) is 6.40. The van der Waals surface area contributed by atoms with Crippen LogP contribution in [-0.4, -0.2) is 42.0 Å². The van der Waals surface area contributed by atoms with E-state index in [2.05, 4.69) is 20.1 Å². The molecule has 6 heteroatoms. The summed E-state index contributed by atoms with van der Waals surface area (Å²) in [5.41, 5.74) is 1.47. The lowest BCUT2D eigenvalue weighted by atomic mass is 10.1. The zero-order chi connectivity index (χ0) is 19.2. The number of aromatic nitrogens is 1. The minimum absolute atomic E-state index is 0.0151. The fraction of sp³-hybridized carbons (Fsp3) is 0.429. The Labute approximate surface area is 160 Å². The number of piperazine rings is 1. The summed E-state index contributed by atoms with van der Waals surface area (Å²) in [4.78, 5) is 20.8. The Hall–Kier alpha value is -2.47. The van der Waals surface area contributed by atoms with Crippen molar-refractivity contribution in [1.82, 2.24) is 9.88 Å². The smallest absolute Gasteiger partial charge is 0.224 e. The van der Waals surface area contributed by atoms with E-state index in [4.69, 9.17) is 0 Å². The molecule has 1 fully saturated rings. The second-order valence-corrected chi connectivity index (χ2v) is 7.41. The average Bonchev–Trinajstić information content (AvgIpc) is 2.64. The molecule has 0 radical (unpaired) electrons. The van der Waals surface area contributed by atoms with Crippen LogP contribution in [0.1, 0.15) is 25.8 Å². The molecule has 1 N–H and O–H groups in total. The molecule has 0 bridgehead atoms. The summed E-state index contributed by atoms with van der Waals surface area (Å²) in [6, 6.07) is 10.8. The highest BCUT2D eigenvalue weighted by molar-refractivity contribution is 5.90. The number of halogens is 1. The number of carbonyl (C=O) groups excluding carboxylic acids is 1. The Balaban J connectivity index is 1.50. The number of pyridine rings is 1. The van der Waals surface area contributed by atoms with Crippen LogP contribution >= 0.6 is 0 Å². The van der Waals surface area contributed by atoms with E-state index < -0.39 is 0 Å². The first-order valence-corrected chi connectivity index (χ1v) is 9.48. The summed E-state index contributed by atoms with van der Waals surface area (Å²) in [5.74, 6) is 1.11. The van der Waals surface area contributed by atoms with Gasteiger partial charge < -0.3 is 10.2 Å². The molecule has 0 unspecified atom stereocenters. The van der Waals surface area contributed by atoms with Crippen molar-refractivity contribution in [2.45, 2.75) is 26.8 Å². The van der Waals surface area contributed by atoms with Gasteiger partial charge in [-0.2, -0.15) is 0 Å². The third-order valence-electron chi connectivity index (χ3n) is 4.67. The van der Waals surface area contributed by atoms with Gasteiger partial charge in [0.25, 0.3) is 0 Å². The van der Waals surface area contributed by atoms with Crippen LogP contribution in [0.5, 0.6) is 0 Å². The summed E-state index contributed by atoms with van der Waals surface area (Å²) in [7, 11) is 0. The standard InChI is InChI=1S/C21H27FN4O/c1-16(2)13-21(27)24-18-7-8-20(23-14-18)26-11-9-25(10-12-26)15-17-5-3-4-6-19(17)22/h3-8,14,16H,9-13,15H2,1-2H3,(H,24,27). The second-order valence-electron chi connectivity index (χ2n) is 7.41. The topological polar surface area (TPSA) is 48.5 Å². The summed E-state index contributed by atoms with van der Waals surface area (Å²) in [6.07, 6.45) is 2.21. The van der Waals surface area contributed by atoms with Crippen LogP contribution in [0.3, 0.4) is 0 Å². The molecule has 0 atom stereocenters. The summed E-state index contributed by atoms with van der Waals surface area (Å²) < 4.78 is 13.8. The molecule has 144 valence electrons. The number of nitrogens with zero attached hydrogens (tertiary/aromatic N) is 3. The summed E-state index contributed by atoms with van der Waals surface area (Å²) >= 11 is 0. The van der Waals surface area contributed by atoms with Crippen molar-refractivity contribution in [3.05, 3.63) is 54.0 Å². The third-order valence-corrected chi connectivity index (χ3v) is 4.67. The molecular formula is C21H27FN4O. The van der Waals surface area contributed by atoms with Gasteiger partial charge in [0.05, 0.1) is 11.9 Å². The van der Waals surface area contributed by atoms with Gasteiger partial charge in [0.2, 0.25) is 5.91 Å². The van der Waals surface area contributed by atoms with Crippen LogP contribution in [0.15, 0.2) is 42.6 Å². The van der Waals surface area contributed by atoms with Crippen LogP contribution in [0.2, 0.25) is 0 Å². The molecule has 1 aromatic heterocycles. The number of nitrogens with one attached hydrogen (secondary N) is 1. The van der Waals surface area contributed by atoms with Gasteiger partial charge in [-0.1, -0.05) is 32.0 Å². The van der Waals surface area contributed by atoms with Crippen molar-refractivity contribution in [1.29, 1.82) is 0 Å². The van der Waals surface area contributed by atoms with E-state index >= 15 is 0 Å². The fourth-order valence-electron chi connectivity index (χ4n) is 3.23. The number of hydrogen-bond donors (Lipinski definition) is 1. The van der Waals surface area contributed by atoms with Gasteiger partial charge in [0.15, 0.2) is 0 Å². The van der Waals surface area contributed by atoms with Crippen molar-refractivity contribution >= 4 is 17.4 Å². The lowest BCUT2D eigenvalue weighted by molar-refractivity contribution is -0.116. The molecule has 0 spiro atoms. The van der Waals surface area contributed by atoms with E-state index in [1.807, 2.05) is 38.1 Å².